The van der Waals surface area contributed by atoms with Gasteiger partial charge in [-0.3, -0.25) is 9.59 Å². The molecule has 0 unspecified atom stereocenters. The molecule has 0 heterocycles. The van der Waals surface area contributed by atoms with Crippen molar-refractivity contribution in [1.29, 1.82) is 0 Å². The van der Waals surface area contributed by atoms with Gasteiger partial charge in [0.15, 0.2) is 0 Å². The van der Waals surface area contributed by atoms with E-state index < -0.39 is 0 Å². The lowest BCUT2D eigenvalue weighted by molar-refractivity contribution is -0.141. The SMILES string of the molecule is COC(=O)CCN(CCc1ccc(F)cc1)C(C)=O. The quantitative estimate of drug-likeness (QED) is 0.738. The highest BCUT2D eigenvalue weighted by atomic mass is 19.1. The predicted octanol–water partition coefficient (Wildman–Crippen LogP) is 1.78. The summed E-state index contributed by atoms with van der Waals surface area (Å²) in [6.45, 7) is 2.29. The maximum absolute atomic E-state index is 12.7. The number of hydrogen-bond donors (Lipinski definition) is 0. The number of methoxy groups -OCH3 is 1. The molecule has 5 heteroatoms. The van der Waals surface area contributed by atoms with Crippen molar-refractivity contribution in [2.45, 2.75) is 19.8 Å². The number of rotatable bonds is 6. The highest BCUT2D eigenvalue weighted by Crippen LogP contribution is 2.05. The predicted molar refractivity (Wildman–Crippen MR) is 69.0 cm³/mol. The maximum Gasteiger partial charge on any atom is 0.307 e. The van der Waals surface area contributed by atoms with Crippen LogP contribution in [0.5, 0.6) is 0 Å². The third kappa shape index (κ3) is 5.50. The van der Waals surface area contributed by atoms with Crippen molar-refractivity contribution in [2.24, 2.45) is 0 Å². The number of amides is 1. The number of carbonyl (C=O) groups is 2. The van der Waals surface area contributed by atoms with Crippen LogP contribution in [-0.4, -0.2) is 37.0 Å². The fourth-order valence-electron chi connectivity index (χ4n) is 1.67. The van der Waals surface area contributed by atoms with Crippen LogP contribution in [0.4, 0.5) is 4.39 Å². The van der Waals surface area contributed by atoms with E-state index >= 15 is 0 Å². The summed E-state index contributed by atoms with van der Waals surface area (Å²) in [5.74, 6) is -0.711. The smallest absolute Gasteiger partial charge is 0.307 e. The van der Waals surface area contributed by atoms with E-state index in [1.165, 1.54) is 26.2 Å². The normalized spacial score (nSPS) is 10.1. The number of carbonyl (C=O) groups excluding carboxylic acids is 2. The van der Waals surface area contributed by atoms with Gasteiger partial charge in [0.2, 0.25) is 5.91 Å². The Hall–Kier alpha value is -1.91. The van der Waals surface area contributed by atoms with Crippen molar-refractivity contribution in [3.05, 3.63) is 35.6 Å². The Balaban J connectivity index is 2.47. The summed E-state index contributed by atoms with van der Waals surface area (Å²) in [7, 11) is 1.32. The second kappa shape index (κ2) is 7.51. The second-order valence-corrected chi connectivity index (χ2v) is 4.21. The van der Waals surface area contributed by atoms with E-state index in [0.717, 1.165) is 5.56 Å². The molecule has 0 radical (unpaired) electrons. The lowest BCUT2D eigenvalue weighted by Gasteiger charge is -2.20. The Kier molecular flexibility index (Phi) is 5.99. The van der Waals surface area contributed by atoms with Gasteiger partial charge in [-0.05, 0) is 24.1 Å². The zero-order valence-corrected chi connectivity index (χ0v) is 11.2. The van der Waals surface area contributed by atoms with E-state index in [4.69, 9.17) is 0 Å². The average molecular weight is 267 g/mol. The second-order valence-electron chi connectivity index (χ2n) is 4.21. The first-order chi connectivity index (χ1) is 9.02. The molecule has 4 nitrogen and oxygen atoms in total. The van der Waals surface area contributed by atoms with Gasteiger partial charge in [0, 0.05) is 20.0 Å². The lowest BCUT2D eigenvalue weighted by Crippen LogP contribution is -2.33. The molecule has 0 fully saturated rings. The largest absolute Gasteiger partial charge is 0.469 e. The molecular formula is C14H18FNO3. The number of hydrogen-bond acceptors (Lipinski definition) is 3. The van der Waals surface area contributed by atoms with Gasteiger partial charge in [0.1, 0.15) is 5.82 Å². The molecule has 1 amide bonds. The zero-order chi connectivity index (χ0) is 14.3. The fourth-order valence-corrected chi connectivity index (χ4v) is 1.67. The van der Waals surface area contributed by atoms with Gasteiger partial charge in [-0.1, -0.05) is 12.1 Å². The van der Waals surface area contributed by atoms with E-state index in [1.807, 2.05) is 0 Å². The molecule has 0 N–H and O–H groups in total. The van der Waals surface area contributed by atoms with E-state index in [0.29, 0.717) is 19.5 Å². The minimum absolute atomic E-state index is 0.0917. The Morgan fingerprint density at radius 1 is 1.21 bits per heavy atom. The Morgan fingerprint density at radius 2 is 1.84 bits per heavy atom. The van der Waals surface area contributed by atoms with E-state index in [2.05, 4.69) is 4.74 Å². The summed E-state index contributed by atoms with van der Waals surface area (Å²) >= 11 is 0. The van der Waals surface area contributed by atoms with E-state index in [-0.39, 0.29) is 24.1 Å². The van der Waals surface area contributed by atoms with Crippen LogP contribution in [0.3, 0.4) is 0 Å². The van der Waals surface area contributed by atoms with Gasteiger partial charge in [-0.25, -0.2) is 4.39 Å². The standard InChI is InChI=1S/C14H18FNO3/c1-11(17)16(10-8-14(18)19-2)9-7-12-3-5-13(15)6-4-12/h3-6H,7-10H2,1-2H3. The number of benzene rings is 1. The molecule has 0 saturated carbocycles. The molecular weight excluding hydrogens is 249 g/mol. The van der Waals surface area contributed by atoms with E-state index in [1.54, 1.807) is 17.0 Å². The Labute approximate surface area is 112 Å². The van der Waals surface area contributed by atoms with Gasteiger partial charge >= 0.3 is 5.97 Å². The Morgan fingerprint density at radius 3 is 2.37 bits per heavy atom. The van der Waals surface area contributed by atoms with Crippen LogP contribution in [0.15, 0.2) is 24.3 Å². The van der Waals surface area contributed by atoms with Crippen molar-refractivity contribution in [1.82, 2.24) is 4.90 Å². The Bertz CT molecular complexity index is 431. The average Bonchev–Trinajstić information content (AvgIpc) is 2.39. The van der Waals surface area contributed by atoms with Crippen LogP contribution < -0.4 is 0 Å². The molecule has 0 spiro atoms. The first-order valence-corrected chi connectivity index (χ1v) is 6.09. The van der Waals surface area contributed by atoms with Crippen molar-refractivity contribution in [3.8, 4) is 0 Å². The topological polar surface area (TPSA) is 46.6 Å². The molecule has 0 aliphatic carbocycles. The first-order valence-electron chi connectivity index (χ1n) is 6.09. The van der Waals surface area contributed by atoms with Crippen LogP contribution in [-0.2, 0) is 20.7 Å². The molecule has 1 aromatic rings. The van der Waals surface area contributed by atoms with Crippen LogP contribution in [0.25, 0.3) is 0 Å². The molecule has 0 aliphatic rings. The van der Waals surface area contributed by atoms with Crippen LogP contribution in [0, 0.1) is 5.82 Å². The first kappa shape index (κ1) is 15.1. The third-order valence-corrected chi connectivity index (χ3v) is 2.84. The highest BCUT2D eigenvalue weighted by molar-refractivity contribution is 5.74. The number of ether oxygens (including phenoxy) is 1. The number of halogens is 1. The summed E-state index contributed by atoms with van der Waals surface area (Å²) < 4.78 is 17.3. The summed E-state index contributed by atoms with van der Waals surface area (Å²) in [6, 6.07) is 6.16. The molecule has 0 saturated heterocycles. The minimum Gasteiger partial charge on any atom is -0.469 e. The number of esters is 1. The monoisotopic (exact) mass is 267 g/mol. The molecule has 1 rings (SSSR count). The molecule has 0 aliphatic heterocycles. The molecule has 0 atom stereocenters. The van der Waals surface area contributed by atoms with Crippen molar-refractivity contribution in [2.75, 3.05) is 20.2 Å². The van der Waals surface area contributed by atoms with Gasteiger partial charge in [-0.15, -0.1) is 0 Å². The van der Waals surface area contributed by atoms with Crippen molar-refractivity contribution in [3.63, 3.8) is 0 Å². The van der Waals surface area contributed by atoms with Gasteiger partial charge in [0.25, 0.3) is 0 Å². The molecule has 0 bridgehead atoms. The van der Waals surface area contributed by atoms with Crippen LogP contribution >= 0.6 is 0 Å². The summed E-state index contributed by atoms with van der Waals surface area (Å²) in [5.41, 5.74) is 0.950. The summed E-state index contributed by atoms with van der Waals surface area (Å²) in [6.07, 6.45) is 0.806. The fraction of sp³-hybridized carbons (Fsp3) is 0.429. The minimum atomic E-state index is -0.340. The summed E-state index contributed by atoms with van der Waals surface area (Å²) in [5, 5.41) is 0. The van der Waals surface area contributed by atoms with E-state index in [9.17, 15) is 14.0 Å². The molecule has 104 valence electrons. The zero-order valence-electron chi connectivity index (χ0n) is 11.2. The van der Waals surface area contributed by atoms with Crippen molar-refractivity contribution < 1.29 is 18.7 Å². The van der Waals surface area contributed by atoms with Gasteiger partial charge in [0.05, 0.1) is 13.5 Å². The number of nitrogens with zero attached hydrogens (tertiary/aromatic N) is 1. The van der Waals surface area contributed by atoms with Gasteiger partial charge < -0.3 is 9.64 Å². The molecule has 19 heavy (non-hydrogen) atoms. The lowest BCUT2D eigenvalue weighted by atomic mass is 10.1. The van der Waals surface area contributed by atoms with Crippen LogP contribution in [0.2, 0.25) is 0 Å². The summed E-state index contributed by atoms with van der Waals surface area (Å²) in [4.78, 5) is 24.1. The van der Waals surface area contributed by atoms with Crippen molar-refractivity contribution >= 4 is 11.9 Å². The van der Waals surface area contributed by atoms with Gasteiger partial charge in [-0.2, -0.15) is 0 Å². The van der Waals surface area contributed by atoms with Crippen LogP contribution in [0.1, 0.15) is 18.9 Å². The third-order valence-electron chi connectivity index (χ3n) is 2.84. The highest BCUT2D eigenvalue weighted by Gasteiger charge is 2.11. The molecule has 0 aromatic heterocycles. The molecule has 1 aromatic carbocycles. The maximum atomic E-state index is 12.7.